The molecule has 5 aromatic carbocycles. The summed E-state index contributed by atoms with van der Waals surface area (Å²) in [6, 6.07) is 34.5. The third kappa shape index (κ3) is 7.05. The van der Waals surface area contributed by atoms with Crippen LogP contribution in [0.15, 0.2) is 133 Å². The van der Waals surface area contributed by atoms with Crippen molar-refractivity contribution in [2.24, 2.45) is 11.8 Å². The molecule has 1 aromatic heterocycles. The molecule has 0 radical (unpaired) electrons. The van der Waals surface area contributed by atoms with Gasteiger partial charge in [0.05, 0.1) is 47.6 Å². The predicted octanol–water partition coefficient (Wildman–Crippen LogP) is 6.88. The first kappa shape index (κ1) is 42.4. The number of imide groups is 1. The Balaban J connectivity index is 1.31. The van der Waals surface area contributed by atoms with E-state index in [1.807, 2.05) is 89.8 Å². The molecule has 1 spiro atoms. The number of amides is 4. The first-order valence-corrected chi connectivity index (χ1v) is 21.8. The fraction of sp³-hybridized carbons (Fsp3) is 0.265. The fourth-order valence-corrected chi connectivity index (χ4v) is 10.6. The number of ether oxygens (including phenoxy) is 3. The molecule has 3 aliphatic heterocycles. The zero-order valence-corrected chi connectivity index (χ0v) is 35.9. The number of urea groups is 1. The molecule has 4 heterocycles. The number of aliphatic hydroxyl groups excluding tert-OH is 1. The van der Waals surface area contributed by atoms with Crippen LogP contribution in [0.25, 0.3) is 10.2 Å². The Hall–Kier alpha value is -6.94. The number of aromatic nitrogens is 1. The van der Waals surface area contributed by atoms with Crippen molar-refractivity contribution in [3.63, 3.8) is 0 Å². The molecule has 0 unspecified atom stereocenters. The number of hydrogen-bond donors (Lipinski definition) is 3. The van der Waals surface area contributed by atoms with Crippen LogP contribution in [0.3, 0.4) is 0 Å². The summed E-state index contributed by atoms with van der Waals surface area (Å²) in [6.07, 6.45) is -0.914. The average Bonchev–Trinajstić information content (AvgIpc) is 3.96. The summed E-state index contributed by atoms with van der Waals surface area (Å²) in [6.45, 7) is 3.30. The second-order valence-electron chi connectivity index (χ2n) is 16.2. The maximum absolute atomic E-state index is 16.3. The van der Waals surface area contributed by atoms with Crippen molar-refractivity contribution in [1.82, 2.24) is 15.2 Å². The van der Waals surface area contributed by atoms with Gasteiger partial charge in [0.15, 0.2) is 5.13 Å². The van der Waals surface area contributed by atoms with Crippen molar-refractivity contribution in [2.45, 2.75) is 49.5 Å². The highest BCUT2D eigenvalue weighted by atomic mass is 32.1. The number of methoxy groups -OCH3 is 1. The Kier molecular flexibility index (Phi) is 11.5. The molecule has 2 saturated heterocycles. The van der Waals surface area contributed by atoms with Crippen LogP contribution in [0.4, 0.5) is 15.6 Å². The Morgan fingerprint density at radius 2 is 1.48 bits per heavy atom. The van der Waals surface area contributed by atoms with Crippen molar-refractivity contribution in [3.05, 3.63) is 156 Å². The summed E-state index contributed by atoms with van der Waals surface area (Å²) in [7, 11) is 1.22. The molecule has 64 heavy (non-hydrogen) atoms. The number of aliphatic hydroxyl groups is 1. The lowest BCUT2D eigenvalue weighted by Crippen LogP contribution is -2.57. The van der Waals surface area contributed by atoms with Crippen LogP contribution < -0.4 is 20.3 Å². The monoisotopic (exact) mass is 879 g/mol. The first-order chi connectivity index (χ1) is 31.1. The van der Waals surface area contributed by atoms with Gasteiger partial charge in [0.25, 0.3) is 0 Å². The minimum Gasteiger partial charge on any atom is -0.491 e. The van der Waals surface area contributed by atoms with Crippen molar-refractivity contribution >= 4 is 62.2 Å². The van der Waals surface area contributed by atoms with E-state index in [4.69, 9.17) is 14.2 Å². The second kappa shape index (κ2) is 17.3. The van der Waals surface area contributed by atoms with E-state index in [1.54, 1.807) is 62.4 Å². The summed E-state index contributed by atoms with van der Waals surface area (Å²) in [5, 5.41) is 15.5. The zero-order chi connectivity index (χ0) is 44.7. The number of fused-ring (bicyclic) bond motifs is 4. The molecule has 3 N–H and O–H groups in total. The maximum Gasteiger partial charge on any atom is 0.329 e. The number of anilines is 2. The normalized spacial score (nSPS) is 23.1. The van der Waals surface area contributed by atoms with E-state index in [2.05, 4.69) is 15.6 Å². The van der Waals surface area contributed by atoms with E-state index in [9.17, 15) is 14.7 Å². The third-order valence-electron chi connectivity index (χ3n) is 12.3. The van der Waals surface area contributed by atoms with Gasteiger partial charge >= 0.3 is 18.0 Å². The summed E-state index contributed by atoms with van der Waals surface area (Å²) >= 11 is 1.24. The number of hydrogen-bond acceptors (Lipinski definition) is 12. The van der Waals surface area contributed by atoms with E-state index in [1.165, 1.54) is 18.4 Å². The number of rotatable bonds is 11. The van der Waals surface area contributed by atoms with E-state index < -0.39 is 77.3 Å². The van der Waals surface area contributed by atoms with Crippen molar-refractivity contribution in [2.75, 3.05) is 30.5 Å². The van der Waals surface area contributed by atoms with Gasteiger partial charge in [-0.1, -0.05) is 128 Å². The van der Waals surface area contributed by atoms with Crippen molar-refractivity contribution < 1.29 is 43.3 Å². The standard InChI is InChI=1S/C49H45N5O9S/c1-28(2)38(44(57)61-3)51-48(60)53-35-20-12-10-18-33(35)49(46(53)59)37(43(56)52-47-50-34-19-11-13-21-36(34)64-47)40-45(58)63-41(30-16-8-5-9-17-30)39(29-14-6-4-7-15-29)54(40)42(49)31-22-24-32(25-23-31)62-27-26-55/h4-25,28,37-42,55H,26-27H2,1-3H3,(H,51,60)(H,50,52,56)/t37-,38+,39-,40-,41+,42+,49-/m1/s1. The first-order valence-electron chi connectivity index (χ1n) is 21.0. The zero-order valence-electron chi connectivity index (χ0n) is 35.1. The van der Waals surface area contributed by atoms with Gasteiger partial charge in [-0.25, -0.2) is 19.5 Å². The Morgan fingerprint density at radius 3 is 2.16 bits per heavy atom. The maximum atomic E-state index is 16.3. The SMILES string of the molecule is COC(=O)[C@@H](NC(=O)N1C(=O)[C@@]2(c3ccccc31)[C@H](c1ccc(OCCO)cc1)N1[C@H](c3ccccc3)[C@H](c3ccccc3)OC(=O)[C@H]1[C@@H]2C(=O)Nc1nc2ccccc2s1)C(C)C. The number of benzene rings is 5. The van der Waals surface area contributed by atoms with Crippen molar-refractivity contribution in [1.29, 1.82) is 0 Å². The molecule has 14 nitrogen and oxygen atoms in total. The van der Waals surface area contributed by atoms with E-state index in [0.29, 0.717) is 28.0 Å². The minimum atomic E-state index is -2.01. The highest BCUT2D eigenvalue weighted by Gasteiger charge is 2.75. The number of nitrogens with one attached hydrogen (secondary N) is 2. The molecule has 9 rings (SSSR count). The van der Waals surface area contributed by atoms with Crippen LogP contribution in [0.5, 0.6) is 5.75 Å². The molecule has 0 saturated carbocycles. The van der Waals surface area contributed by atoms with Crippen LogP contribution in [0, 0.1) is 11.8 Å². The molecule has 15 heteroatoms. The molecule has 2 fully saturated rings. The topological polar surface area (TPSA) is 177 Å². The van der Waals surface area contributed by atoms with Gasteiger partial charge in [-0.2, -0.15) is 0 Å². The molecular formula is C49H45N5O9S. The van der Waals surface area contributed by atoms with E-state index in [-0.39, 0.29) is 24.0 Å². The molecule has 4 amide bonds. The number of thiazole rings is 1. The number of cyclic esters (lactones) is 1. The quantitative estimate of drug-likeness (QED) is 0.116. The minimum absolute atomic E-state index is 0.0362. The number of carbonyl (C=O) groups excluding carboxylic acids is 5. The summed E-state index contributed by atoms with van der Waals surface area (Å²) < 4.78 is 18.1. The van der Waals surface area contributed by atoms with Gasteiger partial charge in [0.1, 0.15) is 36.0 Å². The predicted molar refractivity (Wildman–Crippen MR) is 238 cm³/mol. The molecule has 0 bridgehead atoms. The number of esters is 2. The van der Waals surface area contributed by atoms with Crippen molar-refractivity contribution in [3.8, 4) is 5.75 Å². The van der Waals surface area contributed by atoms with E-state index >= 15 is 14.4 Å². The van der Waals surface area contributed by atoms with Gasteiger partial charge in [-0.3, -0.25) is 19.3 Å². The molecule has 6 aromatic rings. The highest BCUT2D eigenvalue weighted by molar-refractivity contribution is 7.22. The number of carbonyl (C=O) groups is 5. The highest BCUT2D eigenvalue weighted by Crippen LogP contribution is 2.66. The fourth-order valence-electron chi connectivity index (χ4n) is 9.70. The lowest BCUT2D eigenvalue weighted by Gasteiger charge is -2.46. The largest absolute Gasteiger partial charge is 0.491 e. The van der Waals surface area contributed by atoms with Crippen LogP contribution in [0.1, 0.15) is 54.3 Å². The van der Waals surface area contributed by atoms with Gasteiger partial charge in [-0.05, 0) is 58.5 Å². The average molecular weight is 880 g/mol. The van der Waals surface area contributed by atoms with Gasteiger partial charge in [-0.15, -0.1) is 0 Å². The van der Waals surface area contributed by atoms with E-state index in [0.717, 1.165) is 15.2 Å². The Morgan fingerprint density at radius 1 is 0.828 bits per heavy atom. The van der Waals surface area contributed by atoms with Crippen LogP contribution in [-0.2, 0) is 34.1 Å². The summed E-state index contributed by atoms with van der Waals surface area (Å²) in [4.78, 5) is 82.6. The number of morpholine rings is 1. The van der Waals surface area contributed by atoms with Crippen LogP contribution in [0.2, 0.25) is 0 Å². The Bertz CT molecular complexity index is 2700. The Labute approximate surface area is 372 Å². The summed E-state index contributed by atoms with van der Waals surface area (Å²) in [5.74, 6) is -4.46. The van der Waals surface area contributed by atoms with Crippen LogP contribution >= 0.6 is 11.3 Å². The van der Waals surface area contributed by atoms with Gasteiger partial charge in [0.2, 0.25) is 11.8 Å². The number of nitrogens with zero attached hydrogens (tertiary/aromatic N) is 3. The third-order valence-corrected chi connectivity index (χ3v) is 13.3. The molecule has 7 atom stereocenters. The number of para-hydroxylation sites is 2. The van der Waals surface area contributed by atoms with Gasteiger partial charge < -0.3 is 30.0 Å². The molecular weight excluding hydrogens is 835 g/mol. The summed E-state index contributed by atoms with van der Waals surface area (Å²) in [5.41, 5.74) is 1.08. The molecule has 326 valence electrons. The smallest absolute Gasteiger partial charge is 0.329 e. The molecule has 0 aliphatic carbocycles. The van der Waals surface area contributed by atoms with Crippen LogP contribution in [-0.4, -0.2) is 77.2 Å². The lowest BCUT2D eigenvalue weighted by atomic mass is 9.65. The lowest BCUT2D eigenvalue weighted by molar-refractivity contribution is -0.177. The van der Waals surface area contributed by atoms with Gasteiger partial charge in [0, 0.05) is 0 Å². The molecule has 3 aliphatic rings. The second-order valence-corrected chi connectivity index (χ2v) is 17.3.